The molecule has 0 aromatic heterocycles. The first-order valence-corrected chi connectivity index (χ1v) is 6.81. The van der Waals surface area contributed by atoms with E-state index in [4.69, 9.17) is 4.74 Å². The minimum absolute atomic E-state index is 0.570. The second kappa shape index (κ2) is 5.99. The molecule has 3 nitrogen and oxygen atoms in total. The molecule has 0 bridgehead atoms. The lowest BCUT2D eigenvalue weighted by atomic mass is 9.97. The molecule has 0 amide bonds. The summed E-state index contributed by atoms with van der Waals surface area (Å²) in [7, 11) is 0. The molecule has 0 aliphatic carbocycles. The summed E-state index contributed by atoms with van der Waals surface area (Å²) in [6.07, 6.45) is 4.01. The summed E-state index contributed by atoms with van der Waals surface area (Å²) in [5.41, 5.74) is 0. The van der Waals surface area contributed by atoms with Crippen LogP contribution in [0.25, 0.3) is 0 Å². The molecule has 2 saturated heterocycles. The zero-order valence-corrected chi connectivity index (χ0v) is 10.7. The van der Waals surface area contributed by atoms with E-state index in [0.717, 1.165) is 25.7 Å². The molecule has 2 aliphatic rings. The molecule has 0 aromatic carbocycles. The van der Waals surface area contributed by atoms with Crippen LogP contribution in [0.5, 0.6) is 0 Å². The van der Waals surface area contributed by atoms with Gasteiger partial charge in [0.15, 0.2) is 0 Å². The number of nitrogens with one attached hydrogen (secondary N) is 1. The van der Waals surface area contributed by atoms with E-state index in [-0.39, 0.29) is 0 Å². The summed E-state index contributed by atoms with van der Waals surface area (Å²) in [6, 6.07) is 1.27. The van der Waals surface area contributed by atoms with Gasteiger partial charge in [-0.05, 0) is 38.6 Å². The Morgan fingerprint density at radius 2 is 2.38 bits per heavy atom. The Hall–Kier alpha value is -0.120. The molecule has 3 unspecified atom stereocenters. The largest absolute Gasteiger partial charge is 0.379 e. The number of hydrogen-bond donors (Lipinski definition) is 1. The molecule has 2 aliphatic heterocycles. The number of rotatable bonds is 3. The van der Waals surface area contributed by atoms with Crippen LogP contribution in [0, 0.1) is 5.92 Å². The fraction of sp³-hybridized carbons (Fsp3) is 1.00. The SMILES string of the molecule is CC1CCCN(C(C)CC2COCCN2)C1. The zero-order chi connectivity index (χ0) is 11.4. The van der Waals surface area contributed by atoms with Gasteiger partial charge in [0, 0.05) is 25.2 Å². The quantitative estimate of drug-likeness (QED) is 0.789. The molecular weight excluding hydrogens is 200 g/mol. The van der Waals surface area contributed by atoms with Crippen LogP contribution in [-0.4, -0.2) is 49.8 Å². The van der Waals surface area contributed by atoms with Crippen LogP contribution in [0.15, 0.2) is 0 Å². The summed E-state index contributed by atoms with van der Waals surface area (Å²) in [5, 5.41) is 3.55. The predicted molar refractivity (Wildman–Crippen MR) is 66.7 cm³/mol. The molecule has 1 N–H and O–H groups in total. The van der Waals surface area contributed by atoms with Crippen molar-refractivity contribution in [1.82, 2.24) is 10.2 Å². The van der Waals surface area contributed by atoms with Crippen molar-refractivity contribution in [1.29, 1.82) is 0 Å². The van der Waals surface area contributed by atoms with Crippen LogP contribution in [0.1, 0.15) is 33.1 Å². The highest BCUT2D eigenvalue weighted by Gasteiger charge is 2.24. The maximum absolute atomic E-state index is 5.51. The Balaban J connectivity index is 1.75. The lowest BCUT2D eigenvalue weighted by Gasteiger charge is -2.37. The molecule has 0 aromatic rings. The van der Waals surface area contributed by atoms with Gasteiger partial charge in [0.25, 0.3) is 0 Å². The third-order valence-corrected chi connectivity index (χ3v) is 3.94. The number of ether oxygens (including phenoxy) is 1. The van der Waals surface area contributed by atoms with Gasteiger partial charge in [-0.15, -0.1) is 0 Å². The van der Waals surface area contributed by atoms with Crippen LogP contribution in [0.4, 0.5) is 0 Å². The van der Waals surface area contributed by atoms with Gasteiger partial charge in [0.1, 0.15) is 0 Å². The van der Waals surface area contributed by atoms with Gasteiger partial charge >= 0.3 is 0 Å². The molecule has 2 fully saturated rings. The van der Waals surface area contributed by atoms with E-state index >= 15 is 0 Å². The summed E-state index contributed by atoms with van der Waals surface area (Å²) >= 11 is 0. The van der Waals surface area contributed by atoms with E-state index in [1.807, 2.05) is 0 Å². The number of likely N-dealkylation sites (tertiary alicyclic amines) is 1. The first kappa shape index (κ1) is 12.3. The minimum Gasteiger partial charge on any atom is -0.379 e. The van der Waals surface area contributed by atoms with Crippen molar-refractivity contribution in [3.8, 4) is 0 Å². The highest BCUT2D eigenvalue weighted by molar-refractivity contribution is 4.80. The highest BCUT2D eigenvalue weighted by Crippen LogP contribution is 2.19. The maximum atomic E-state index is 5.51. The molecule has 0 radical (unpaired) electrons. The summed E-state index contributed by atoms with van der Waals surface area (Å²) in [5.74, 6) is 0.881. The molecule has 0 saturated carbocycles. The van der Waals surface area contributed by atoms with E-state index in [2.05, 4.69) is 24.1 Å². The van der Waals surface area contributed by atoms with Gasteiger partial charge in [-0.3, -0.25) is 0 Å². The molecule has 3 heteroatoms. The van der Waals surface area contributed by atoms with Gasteiger partial charge in [-0.25, -0.2) is 0 Å². The zero-order valence-electron chi connectivity index (χ0n) is 10.7. The number of piperidine rings is 1. The van der Waals surface area contributed by atoms with Crippen molar-refractivity contribution < 1.29 is 4.74 Å². The number of hydrogen-bond acceptors (Lipinski definition) is 3. The normalized spacial score (nSPS) is 34.9. The highest BCUT2D eigenvalue weighted by atomic mass is 16.5. The van der Waals surface area contributed by atoms with Crippen molar-refractivity contribution in [2.45, 2.75) is 45.2 Å². The van der Waals surface area contributed by atoms with Gasteiger partial charge < -0.3 is 15.0 Å². The molecule has 3 atom stereocenters. The molecule has 2 rings (SSSR count). The first-order chi connectivity index (χ1) is 7.75. The van der Waals surface area contributed by atoms with Crippen LogP contribution >= 0.6 is 0 Å². The van der Waals surface area contributed by atoms with Crippen molar-refractivity contribution in [2.24, 2.45) is 5.92 Å². The first-order valence-electron chi connectivity index (χ1n) is 6.81. The van der Waals surface area contributed by atoms with Crippen LogP contribution in [-0.2, 0) is 4.74 Å². The third-order valence-electron chi connectivity index (χ3n) is 3.94. The lowest BCUT2D eigenvalue weighted by molar-refractivity contribution is 0.0555. The van der Waals surface area contributed by atoms with E-state index < -0.39 is 0 Å². The van der Waals surface area contributed by atoms with Crippen LogP contribution < -0.4 is 5.32 Å². The minimum atomic E-state index is 0.570. The molecular formula is C13H26N2O. The Bertz CT molecular complexity index is 204. The standard InChI is InChI=1S/C13H26N2O/c1-11-4-3-6-15(9-11)12(2)8-13-10-16-7-5-14-13/h11-14H,3-10H2,1-2H3. The third kappa shape index (κ3) is 3.44. The van der Waals surface area contributed by atoms with E-state index in [1.165, 1.54) is 32.4 Å². The number of nitrogens with zero attached hydrogens (tertiary/aromatic N) is 1. The van der Waals surface area contributed by atoms with Gasteiger partial charge in [0.2, 0.25) is 0 Å². The van der Waals surface area contributed by atoms with Crippen molar-refractivity contribution in [3.05, 3.63) is 0 Å². The fourth-order valence-electron chi connectivity index (χ4n) is 2.96. The summed E-state index contributed by atoms with van der Waals surface area (Å²) < 4.78 is 5.51. The monoisotopic (exact) mass is 226 g/mol. The maximum Gasteiger partial charge on any atom is 0.0620 e. The van der Waals surface area contributed by atoms with Crippen LogP contribution in [0.2, 0.25) is 0 Å². The smallest absolute Gasteiger partial charge is 0.0620 e. The summed E-state index contributed by atoms with van der Waals surface area (Å²) in [6.45, 7) is 10.1. The van der Waals surface area contributed by atoms with Crippen molar-refractivity contribution >= 4 is 0 Å². The average molecular weight is 226 g/mol. The average Bonchev–Trinajstić information content (AvgIpc) is 2.30. The molecule has 0 spiro atoms. The second-order valence-electron chi connectivity index (χ2n) is 5.55. The second-order valence-corrected chi connectivity index (χ2v) is 5.55. The van der Waals surface area contributed by atoms with Gasteiger partial charge in [0.05, 0.1) is 13.2 Å². The Kier molecular flexibility index (Phi) is 4.62. The molecule has 16 heavy (non-hydrogen) atoms. The van der Waals surface area contributed by atoms with E-state index in [1.54, 1.807) is 0 Å². The Labute approximate surface area is 99.5 Å². The topological polar surface area (TPSA) is 24.5 Å². The van der Waals surface area contributed by atoms with Crippen molar-refractivity contribution in [3.63, 3.8) is 0 Å². The van der Waals surface area contributed by atoms with Gasteiger partial charge in [-0.2, -0.15) is 0 Å². The molecule has 94 valence electrons. The van der Waals surface area contributed by atoms with Crippen LogP contribution in [0.3, 0.4) is 0 Å². The Morgan fingerprint density at radius 3 is 3.06 bits per heavy atom. The Morgan fingerprint density at radius 1 is 1.50 bits per heavy atom. The fourth-order valence-corrected chi connectivity index (χ4v) is 2.96. The van der Waals surface area contributed by atoms with Gasteiger partial charge in [-0.1, -0.05) is 6.92 Å². The van der Waals surface area contributed by atoms with E-state index in [0.29, 0.717) is 12.1 Å². The van der Waals surface area contributed by atoms with E-state index in [9.17, 15) is 0 Å². The number of morpholine rings is 1. The molecule has 2 heterocycles. The van der Waals surface area contributed by atoms with Crippen molar-refractivity contribution in [2.75, 3.05) is 32.8 Å². The summed E-state index contributed by atoms with van der Waals surface area (Å²) in [4.78, 5) is 2.66. The lowest BCUT2D eigenvalue weighted by Crippen LogP contribution is -2.47. The predicted octanol–water partition coefficient (Wildman–Crippen LogP) is 1.49.